The van der Waals surface area contributed by atoms with Crippen molar-refractivity contribution >= 4 is 0 Å². The Balaban J connectivity index is 1.98. The molecule has 0 bridgehead atoms. The Morgan fingerprint density at radius 3 is 2.05 bits per heavy atom. The van der Waals surface area contributed by atoms with Crippen LogP contribution >= 0.6 is 0 Å². The standard InChI is InChI=1S/C18H23NO/c1-13-8-14(2)10-18(9-13)15(3)19-11-16-4-6-17(12-20)7-5-16/h4-10,15,19-20H,11-12H2,1-3H3. The number of aliphatic hydroxyl groups is 1. The second kappa shape index (κ2) is 6.69. The van der Waals surface area contributed by atoms with Crippen LogP contribution in [0.1, 0.15) is 40.8 Å². The van der Waals surface area contributed by atoms with E-state index in [2.05, 4.69) is 56.4 Å². The summed E-state index contributed by atoms with van der Waals surface area (Å²) >= 11 is 0. The Morgan fingerprint density at radius 1 is 0.950 bits per heavy atom. The first-order valence-electron chi connectivity index (χ1n) is 7.09. The average Bonchev–Trinajstić information content (AvgIpc) is 2.44. The van der Waals surface area contributed by atoms with Gasteiger partial charge >= 0.3 is 0 Å². The zero-order valence-corrected chi connectivity index (χ0v) is 12.5. The lowest BCUT2D eigenvalue weighted by Crippen LogP contribution is -2.18. The second-order valence-corrected chi connectivity index (χ2v) is 5.50. The Bertz CT molecular complexity index is 540. The zero-order chi connectivity index (χ0) is 14.5. The van der Waals surface area contributed by atoms with Crippen molar-refractivity contribution in [3.8, 4) is 0 Å². The Kier molecular flexibility index (Phi) is 4.94. The van der Waals surface area contributed by atoms with Crippen molar-refractivity contribution in [1.29, 1.82) is 0 Å². The molecule has 0 radical (unpaired) electrons. The minimum Gasteiger partial charge on any atom is -0.392 e. The summed E-state index contributed by atoms with van der Waals surface area (Å²) in [6.45, 7) is 7.40. The molecule has 2 N–H and O–H groups in total. The fourth-order valence-electron chi connectivity index (χ4n) is 2.41. The predicted octanol–water partition coefficient (Wildman–Crippen LogP) is 3.65. The molecular formula is C18H23NO. The summed E-state index contributed by atoms with van der Waals surface area (Å²) in [6, 6.07) is 15.1. The van der Waals surface area contributed by atoms with Gasteiger partial charge in [-0.15, -0.1) is 0 Å². The van der Waals surface area contributed by atoms with Gasteiger partial charge in [-0.05, 0) is 37.5 Å². The van der Waals surface area contributed by atoms with Crippen LogP contribution in [0.5, 0.6) is 0 Å². The minimum absolute atomic E-state index is 0.104. The molecule has 20 heavy (non-hydrogen) atoms. The van der Waals surface area contributed by atoms with E-state index in [-0.39, 0.29) is 6.61 Å². The summed E-state index contributed by atoms with van der Waals surface area (Å²) < 4.78 is 0. The van der Waals surface area contributed by atoms with Crippen LogP contribution in [0.2, 0.25) is 0 Å². The van der Waals surface area contributed by atoms with Gasteiger partial charge in [-0.1, -0.05) is 53.6 Å². The summed E-state index contributed by atoms with van der Waals surface area (Å²) in [6.07, 6.45) is 0. The minimum atomic E-state index is 0.104. The molecule has 0 saturated carbocycles. The lowest BCUT2D eigenvalue weighted by Gasteiger charge is -2.16. The van der Waals surface area contributed by atoms with Crippen LogP contribution in [0.25, 0.3) is 0 Å². The number of nitrogens with one attached hydrogen (secondary N) is 1. The first-order valence-corrected chi connectivity index (χ1v) is 7.09. The molecule has 0 spiro atoms. The lowest BCUT2D eigenvalue weighted by molar-refractivity contribution is 0.282. The van der Waals surface area contributed by atoms with E-state index in [9.17, 15) is 0 Å². The first kappa shape index (κ1) is 14.8. The Morgan fingerprint density at radius 2 is 1.50 bits per heavy atom. The fraction of sp³-hybridized carbons (Fsp3) is 0.333. The molecule has 2 nitrogen and oxygen atoms in total. The van der Waals surface area contributed by atoms with Crippen LogP contribution in [-0.4, -0.2) is 5.11 Å². The molecule has 2 aromatic carbocycles. The summed E-state index contributed by atoms with van der Waals surface area (Å²) in [4.78, 5) is 0. The van der Waals surface area contributed by atoms with Gasteiger partial charge in [0.05, 0.1) is 6.61 Å². The van der Waals surface area contributed by atoms with Crippen LogP contribution in [0.3, 0.4) is 0 Å². The molecule has 106 valence electrons. The molecule has 0 aliphatic rings. The molecule has 1 unspecified atom stereocenters. The SMILES string of the molecule is Cc1cc(C)cc(C(C)NCc2ccc(CO)cc2)c1. The Labute approximate surface area is 121 Å². The maximum atomic E-state index is 9.03. The first-order chi connectivity index (χ1) is 9.58. The molecule has 0 aliphatic carbocycles. The number of aryl methyl sites for hydroxylation is 2. The number of aliphatic hydroxyl groups excluding tert-OH is 1. The van der Waals surface area contributed by atoms with Crippen molar-refractivity contribution in [2.45, 2.75) is 40.0 Å². The van der Waals surface area contributed by atoms with Crippen molar-refractivity contribution in [2.24, 2.45) is 0 Å². The summed E-state index contributed by atoms with van der Waals surface area (Å²) in [5.41, 5.74) is 6.13. The van der Waals surface area contributed by atoms with E-state index in [4.69, 9.17) is 5.11 Å². The number of benzene rings is 2. The number of hydrogen-bond donors (Lipinski definition) is 2. The third-order valence-corrected chi connectivity index (χ3v) is 3.56. The number of hydrogen-bond acceptors (Lipinski definition) is 2. The molecule has 0 amide bonds. The molecule has 0 aliphatic heterocycles. The summed E-state index contributed by atoms with van der Waals surface area (Å²) in [5, 5.41) is 12.6. The van der Waals surface area contributed by atoms with Crippen molar-refractivity contribution in [1.82, 2.24) is 5.32 Å². The summed E-state index contributed by atoms with van der Waals surface area (Å²) in [7, 11) is 0. The van der Waals surface area contributed by atoms with Crippen LogP contribution in [0, 0.1) is 13.8 Å². The van der Waals surface area contributed by atoms with Gasteiger partial charge in [0.1, 0.15) is 0 Å². The second-order valence-electron chi connectivity index (χ2n) is 5.50. The van der Waals surface area contributed by atoms with Crippen LogP contribution in [-0.2, 0) is 13.2 Å². The van der Waals surface area contributed by atoms with Gasteiger partial charge < -0.3 is 10.4 Å². The molecule has 0 aromatic heterocycles. The van der Waals surface area contributed by atoms with Gasteiger partial charge in [-0.25, -0.2) is 0 Å². The smallest absolute Gasteiger partial charge is 0.0681 e. The van der Waals surface area contributed by atoms with E-state index in [0.29, 0.717) is 6.04 Å². The van der Waals surface area contributed by atoms with E-state index in [1.807, 2.05) is 12.1 Å². The van der Waals surface area contributed by atoms with E-state index in [0.717, 1.165) is 12.1 Å². The monoisotopic (exact) mass is 269 g/mol. The van der Waals surface area contributed by atoms with Gasteiger partial charge in [0, 0.05) is 12.6 Å². The molecule has 1 atom stereocenters. The average molecular weight is 269 g/mol. The van der Waals surface area contributed by atoms with E-state index >= 15 is 0 Å². The molecule has 0 fully saturated rings. The highest BCUT2D eigenvalue weighted by atomic mass is 16.3. The quantitative estimate of drug-likeness (QED) is 0.868. The van der Waals surface area contributed by atoms with Crippen LogP contribution in [0.4, 0.5) is 0 Å². The molecule has 2 heteroatoms. The molecule has 2 aromatic rings. The topological polar surface area (TPSA) is 32.3 Å². The third-order valence-electron chi connectivity index (χ3n) is 3.56. The highest BCUT2D eigenvalue weighted by Gasteiger charge is 2.06. The molecular weight excluding hydrogens is 246 g/mol. The van der Waals surface area contributed by atoms with Gasteiger partial charge in [-0.2, -0.15) is 0 Å². The number of rotatable bonds is 5. The molecule has 0 saturated heterocycles. The van der Waals surface area contributed by atoms with Crippen molar-refractivity contribution in [2.75, 3.05) is 0 Å². The highest BCUT2D eigenvalue weighted by molar-refractivity contribution is 5.30. The van der Waals surface area contributed by atoms with E-state index in [1.165, 1.54) is 22.3 Å². The zero-order valence-electron chi connectivity index (χ0n) is 12.5. The van der Waals surface area contributed by atoms with Gasteiger partial charge in [0.25, 0.3) is 0 Å². The van der Waals surface area contributed by atoms with Crippen molar-refractivity contribution < 1.29 is 5.11 Å². The highest BCUT2D eigenvalue weighted by Crippen LogP contribution is 2.17. The predicted molar refractivity (Wildman–Crippen MR) is 83.5 cm³/mol. The molecule has 2 rings (SSSR count). The van der Waals surface area contributed by atoms with Crippen molar-refractivity contribution in [3.63, 3.8) is 0 Å². The third kappa shape index (κ3) is 3.92. The van der Waals surface area contributed by atoms with Crippen LogP contribution in [0.15, 0.2) is 42.5 Å². The van der Waals surface area contributed by atoms with E-state index < -0.39 is 0 Å². The van der Waals surface area contributed by atoms with Crippen LogP contribution < -0.4 is 5.32 Å². The van der Waals surface area contributed by atoms with E-state index in [1.54, 1.807) is 0 Å². The van der Waals surface area contributed by atoms with Gasteiger partial charge in [0.2, 0.25) is 0 Å². The fourth-order valence-corrected chi connectivity index (χ4v) is 2.41. The largest absolute Gasteiger partial charge is 0.392 e. The summed E-state index contributed by atoms with van der Waals surface area (Å²) in [5.74, 6) is 0. The normalized spacial score (nSPS) is 12.4. The van der Waals surface area contributed by atoms with Crippen molar-refractivity contribution in [3.05, 3.63) is 70.3 Å². The lowest BCUT2D eigenvalue weighted by atomic mass is 10.0. The van der Waals surface area contributed by atoms with Gasteiger partial charge in [0.15, 0.2) is 0 Å². The van der Waals surface area contributed by atoms with Gasteiger partial charge in [-0.3, -0.25) is 0 Å². The maximum absolute atomic E-state index is 9.03. The molecule has 0 heterocycles. The Hall–Kier alpha value is -1.64. The maximum Gasteiger partial charge on any atom is 0.0681 e.